The largest absolute Gasteiger partial charge is 0.481 e. The molecule has 0 unspecified atom stereocenters. The van der Waals surface area contributed by atoms with Gasteiger partial charge in [0.2, 0.25) is 5.88 Å². The zero-order valence-electron chi connectivity index (χ0n) is 10.4. The van der Waals surface area contributed by atoms with E-state index in [1.54, 1.807) is 6.07 Å². The molecule has 1 N–H and O–H groups in total. The summed E-state index contributed by atoms with van der Waals surface area (Å²) >= 11 is 0. The smallest absolute Gasteiger partial charge is 0.306 e. The third kappa shape index (κ3) is 2.88. The van der Waals surface area contributed by atoms with Crippen LogP contribution in [0.15, 0.2) is 12.4 Å². The van der Waals surface area contributed by atoms with E-state index in [0.717, 1.165) is 5.82 Å². The maximum absolute atomic E-state index is 10.9. The Morgan fingerprint density at radius 2 is 2.22 bits per heavy atom. The van der Waals surface area contributed by atoms with Gasteiger partial charge in [0.25, 0.3) is 0 Å². The average Bonchev–Trinajstić information content (AvgIpc) is 2.39. The monoisotopic (exact) mass is 251 g/mol. The molecular weight excluding hydrogens is 234 g/mol. The number of piperidine rings is 1. The minimum Gasteiger partial charge on any atom is -0.481 e. The Kier molecular flexibility index (Phi) is 3.96. The summed E-state index contributed by atoms with van der Waals surface area (Å²) in [4.78, 5) is 21.2. The van der Waals surface area contributed by atoms with E-state index in [0.29, 0.717) is 38.4 Å². The van der Waals surface area contributed by atoms with Gasteiger partial charge in [-0.05, 0) is 19.8 Å². The van der Waals surface area contributed by atoms with E-state index in [1.807, 2.05) is 6.92 Å². The lowest BCUT2D eigenvalue weighted by atomic mass is 9.97. The molecule has 1 aromatic rings. The normalized spacial score (nSPS) is 16.6. The predicted octanol–water partition coefficient (Wildman–Crippen LogP) is 1.18. The van der Waals surface area contributed by atoms with Gasteiger partial charge >= 0.3 is 5.97 Å². The molecule has 1 aromatic heterocycles. The zero-order chi connectivity index (χ0) is 13.0. The molecule has 2 heterocycles. The average molecular weight is 251 g/mol. The topological polar surface area (TPSA) is 75.5 Å². The van der Waals surface area contributed by atoms with Crippen molar-refractivity contribution in [3.63, 3.8) is 0 Å². The summed E-state index contributed by atoms with van der Waals surface area (Å²) in [6, 6.07) is 1.80. The van der Waals surface area contributed by atoms with Crippen LogP contribution in [0.5, 0.6) is 5.88 Å². The molecule has 0 aromatic carbocycles. The van der Waals surface area contributed by atoms with Crippen molar-refractivity contribution in [1.29, 1.82) is 0 Å². The summed E-state index contributed by atoms with van der Waals surface area (Å²) < 4.78 is 5.32. The van der Waals surface area contributed by atoms with Gasteiger partial charge in [-0.3, -0.25) is 4.79 Å². The van der Waals surface area contributed by atoms with E-state index in [1.165, 1.54) is 6.33 Å². The highest BCUT2D eigenvalue weighted by Crippen LogP contribution is 2.23. The molecule has 0 saturated carbocycles. The van der Waals surface area contributed by atoms with Gasteiger partial charge in [-0.15, -0.1) is 0 Å². The number of carbonyl (C=O) groups is 1. The van der Waals surface area contributed by atoms with Crippen molar-refractivity contribution in [3.05, 3.63) is 12.4 Å². The predicted molar refractivity (Wildman–Crippen MR) is 65.8 cm³/mol. The lowest BCUT2D eigenvalue weighted by molar-refractivity contribution is -0.142. The number of nitrogens with zero attached hydrogens (tertiary/aromatic N) is 3. The summed E-state index contributed by atoms with van der Waals surface area (Å²) in [7, 11) is 0. The standard InChI is InChI=1S/C12H17N3O3/c1-2-18-11-7-10(13-8-14-11)15-5-3-9(4-6-15)12(16)17/h7-9H,2-6H2,1H3,(H,16,17). The van der Waals surface area contributed by atoms with Crippen molar-refractivity contribution < 1.29 is 14.6 Å². The summed E-state index contributed by atoms with van der Waals surface area (Å²) in [6.07, 6.45) is 2.79. The molecule has 6 heteroatoms. The third-order valence-electron chi connectivity index (χ3n) is 3.09. The van der Waals surface area contributed by atoms with Crippen LogP contribution in [0, 0.1) is 5.92 Å². The second kappa shape index (κ2) is 5.66. The molecule has 0 amide bonds. The van der Waals surface area contributed by atoms with Crippen LogP contribution in [0.25, 0.3) is 0 Å². The van der Waals surface area contributed by atoms with Crippen molar-refractivity contribution in [2.75, 3.05) is 24.6 Å². The van der Waals surface area contributed by atoms with Gasteiger partial charge in [-0.2, -0.15) is 0 Å². The van der Waals surface area contributed by atoms with Gasteiger partial charge in [0.15, 0.2) is 0 Å². The summed E-state index contributed by atoms with van der Waals surface area (Å²) in [5, 5.41) is 8.95. The number of ether oxygens (including phenoxy) is 1. The number of aliphatic carboxylic acids is 1. The van der Waals surface area contributed by atoms with Crippen LogP contribution >= 0.6 is 0 Å². The molecule has 0 radical (unpaired) electrons. The van der Waals surface area contributed by atoms with Crippen LogP contribution in [0.3, 0.4) is 0 Å². The molecule has 98 valence electrons. The first-order valence-corrected chi connectivity index (χ1v) is 6.13. The van der Waals surface area contributed by atoms with E-state index >= 15 is 0 Å². The Morgan fingerprint density at radius 3 is 2.83 bits per heavy atom. The van der Waals surface area contributed by atoms with Crippen molar-refractivity contribution in [3.8, 4) is 5.88 Å². The molecule has 1 fully saturated rings. The van der Waals surface area contributed by atoms with Crippen molar-refractivity contribution in [2.24, 2.45) is 5.92 Å². The van der Waals surface area contributed by atoms with Gasteiger partial charge < -0.3 is 14.7 Å². The summed E-state index contributed by atoms with van der Waals surface area (Å²) in [5.74, 6) is 0.432. The van der Waals surface area contributed by atoms with E-state index < -0.39 is 5.97 Å². The van der Waals surface area contributed by atoms with Gasteiger partial charge in [-0.25, -0.2) is 9.97 Å². The van der Waals surface area contributed by atoms with Crippen LogP contribution in [-0.2, 0) is 4.79 Å². The maximum atomic E-state index is 10.9. The van der Waals surface area contributed by atoms with Crippen molar-refractivity contribution >= 4 is 11.8 Å². The molecule has 1 saturated heterocycles. The first-order valence-electron chi connectivity index (χ1n) is 6.13. The minimum absolute atomic E-state index is 0.227. The van der Waals surface area contributed by atoms with E-state index in [2.05, 4.69) is 14.9 Å². The highest BCUT2D eigenvalue weighted by Gasteiger charge is 2.25. The molecule has 2 rings (SSSR count). The molecule has 0 aliphatic carbocycles. The molecule has 6 nitrogen and oxygen atoms in total. The summed E-state index contributed by atoms with van der Waals surface area (Å²) in [5.41, 5.74) is 0. The van der Waals surface area contributed by atoms with E-state index in [4.69, 9.17) is 9.84 Å². The SMILES string of the molecule is CCOc1cc(N2CCC(C(=O)O)CC2)ncn1. The van der Waals surface area contributed by atoms with Gasteiger partial charge in [0.1, 0.15) is 12.1 Å². The molecule has 0 bridgehead atoms. The van der Waals surface area contributed by atoms with Crippen LogP contribution in [0.1, 0.15) is 19.8 Å². The number of anilines is 1. The van der Waals surface area contributed by atoms with Crippen molar-refractivity contribution in [2.45, 2.75) is 19.8 Å². The third-order valence-corrected chi connectivity index (χ3v) is 3.09. The Bertz CT molecular complexity index is 417. The number of aromatic nitrogens is 2. The fraction of sp³-hybridized carbons (Fsp3) is 0.583. The number of carboxylic acid groups (broad SMARTS) is 1. The van der Waals surface area contributed by atoms with E-state index in [-0.39, 0.29) is 5.92 Å². The van der Waals surface area contributed by atoms with Gasteiger partial charge in [-0.1, -0.05) is 0 Å². The lowest BCUT2D eigenvalue weighted by Crippen LogP contribution is -2.36. The first-order chi connectivity index (χ1) is 8.70. The Labute approximate surface area is 106 Å². The minimum atomic E-state index is -0.702. The van der Waals surface area contributed by atoms with Crippen LogP contribution in [-0.4, -0.2) is 40.7 Å². The number of rotatable bonds is 4. The highest BCUT2D eigenvalue weighted by atomic mass is 16.5. The van der Waals surface area contributed by atoms with Crippen LogP contribution < -0.4 is 9.64 Å². The lowest BCUT2D eigenvalue weighted by Gasteiger charge is -2.30. The molecular formula is C12H17N3O3. The first kappa shape index (κ1) is 12.6. The molecule has 18 heavy (non-hydrogen) atoms. The zero-order valence-corrected chi connectivity index (χ0v) is 10.4. The summed E-state index contributed by atoms with van der Waals surface area (Å²) in [6.45, 7) is 3.89. The molecule has 0 atom stereocenters. The number of carboxylic acids is 1. The van der Waals surface area contributed by atoms with Gasteiger partial charge in [0.05, 0.1) is 12.5 Å². The second-order valence-corrected chi connectivity index (χ2v) is 4.25. The van der Waals surface area contributed by atoms with E-state index in [9.17, 15) is 4.79 Å². The Hall–Kier alpha value is -1.85. The maximum Gasteiger partial charge on any atom is 0.306 e. The fourth-order valence-electron chi connectivity index (χ4n) is 2.09. The second-order valence-electron chi connectivity index (χ2n) is 4.25. The Morgan fingerprint density at radius 1 is 1.50 bits per heavy atom. The Balaban J connectivity index is 2.00. The highest BCUT2D eigenvalue weighted by molar-refractivity contribution is 5.70. The molecule has 1 aliphatic heterocycles. The number of hydrogen-bond donors (Lipinski definition) is 1. The fourth-order valence-corrected chi connectivity index (χ4v) is 2.09. The van der Waals surface area contributed by atoms with Crippen molar-refractivity contribution in [1.82, 2.24) is 9.97 Å². The molecule has 1 aliphatic rings. The van der Waals surface area contributed by atoms with Crippen LogP contribution in [0.2, 0.25) is 0 Å². The number of hydrogen-bond acceptors (Lipinski definition) is 5. The quantitative estimate of drug-likeness (QED) is 0.866. The van der Waals surface area contributed by atoms with Gasteiger partial charge in [0, 0.05) is 19.2 Å². The van der Waals surface area contributed by atoms with Crippen LogP contribution in [0.4, 0.5) is 5.82 Å². The molecule has 0 spiro atoms.